The number of carbonyl (C=O) groups excluding carboxylic acids is 3. The van der Waals surface area contributed by atoms with E-state index in [-0.39, 0.29) is 16.9 Å². The summed E-state index contributed by atoms with van der Waals surface area (Å²) in [5, 5.41) is 18.3. The summed E-state index contributed by atoms with van der Waals surface area (Å²) in [5.41, 5.74) is -0.194. The topological polar surface area (TPSA) is 91.7 Å². The Labute approximate surface area is 84.0 Å². The summed E-state index contributed by atoms with van der Waals surface area (Å²) >= 11 is 0. The van der Waals surface area contributed by atoms with Crippen LogP contribution < -0.4 is 0 Å². The number of ketones is 3. The van der Waals surface area contributed by atoms with E-state index in [0.29, 0.717) is 0 Å². The number of Topliss-reactive ketones (excluding diaryl/α,β-unsaturated/α-hetero) is 3. The minimum Gasteiger partial charge on any atom is -0.508 e. The molecule has 0 spiro atoms. The Morgan fingerprint density at radius 3 is 2.33 bits per heavy atom. The zero-order chi connectivity index (χ0) is 11.2. The van der Waals surface area contributed by atoms with Gasteiger partial charge in [-0.3, -0.25) is 14.4 Å². The second kappa shape index (κ2) is 2.99. The molecule has 0 aromatic heterocycles. The molecule has 1 aromatic rings. The fourth-order valence-electron chi connectivity index (χ4n) is 1.46. The van der Waals surface area contributed by atoms with Gasteiger partial charge in [-0.25, -0.2) is 0 Å². The van der Waals surface area contributed by atoms with Crippen LogP contribution in [0.3, 0.4) is 0 Å². The highest BCUT2D eigenvalue weighted by Crippen LogP contribution is 2.23. The molecular weight excluding hydrogens is 200 g/mol. The van der Waals surface area contributed by atoms with Crippen molar-refractivity contribution in [3.63, 3.8) is 0 Å². The lowest BCUT2D eigenvalue weighted by Gasteiger charge is -2.16. The lowest BCUT2D eigenvalue weighted by molar-refractivity contribution is -0.120. The highest BCUT2D eigenvalue weighted by Gasteiger charge is 2.39. The van der Waals surface area contributed by atoms with Crippen molar-refractivity contribution in [3.8, 4) is 5.75 Å². The van der Waals surface area contributed by atoms with Gasteiger partial charge in [0, 0.05) is 11.1 Å². The Kier molecular flexibility index (Phi) is 1.90. The smallest absolute Gasteiger partial charge is 0.239 e. The molecule has 2 rings (SSSR count). The van der Waals surface area contributed by atoms with Gasteiger partial charge in [0.15, 0.2) is 11.9 Å². The number of rotatable bonds is 0. The van der Waals surface area contributed by atoms with Crippen LogP contribution in [0.15, 0.2) is 18.2 Å². The molecule has 0 radical (unpaired) electrons. The zero-order valence-corrected chi connectivity index (χ0v) is 7.43. The fourth-order valence-corrected chi connectivity index (χ4v) is 1.46. The molecule has 5 heteroatoms. The Morgan fingerprint density at radius 2 is 1.67 bits per heavy atom. The molecule has 5 nitrogen and oxygen atoms in total. The van der Waals surface area contributed by atoms with E-state index in [2.05, 4.69) is 0 Å². The zero-order valence-electron chi connectivity index (χ0n) is 7.43. The molecule has 1 unspecified atom stereocenters. The van der Waals surface area contributed by atoms with Crippen molar-refractivity contribution >= 4 is 17.3 Å². The van der Waals surface area contributed by atoms with Crippen LogP contribution in [0.2, 0.25) is 0 Å². The van der Waals surface area contributed by atoms with Crippen LogP contribution >= 0.6 is 0 Å². The number of phenolic OH excluding ortho intramolecular Hbond substituents is 1. The van der Waals surface area contributed by atoms with E-state index in [1.165, 1.54) is 12.1 Å². The first kappa shape index (κ1) is 9.54. The Hall–Kier alpha value is -2.01. The van der Waals surface area contributed by atoms with Crippen molar-refractivity contribution < 1.29 is 24.6 Å². The predicted molar refractivity (Wildman–Crippen MR) is 47.8 cm³/mol. The van der Waals surface area contributed by atoms with Crippen molar-refractivity contribution in [1.29, 1.82) is 0 Å². The predicted octanol–water partition coefficient (Wildman–Crippen LogP) is -0.299. The molecule has 2 N–H and O–H groups in total. The maximum absolute atomic E-state index is 11.4. The lowest BCUT2D eigenvalue weighted by Crippen LogP contribution is -2.41. The third-order valence-electron chi connectivity index (χ3n) is 2.23. The first-order valence-corrected chi connectivity index (χ1v) is 4.16. The Bertz CT molecular complexity index is 489. The monoisotopic (exact) mass is 206 g/mol. The van der Waals surface area contributed by atoms with Gasteiger partial charge in [0.05, 0.1) is 0 Å². The average molecular weight is 206 g/mol. The molecule has 0 amide bonds. The van der Waals surface area contributed by atoms with Gasteiger partial charge in [0.25, 0.3) is 0 Å². The van der Waals surface area contributed by atoms with Crippen LogP contribution in [0.4, 0.5) is 0 Å². The van der Waals surface area contributed by atoms with Crippen LogP contribution in [-0.2, 0) is 4.79 Å². The highest BCUT2D eigenvalue weighted by molar-refractivity contribution is 6.53. The number of hydrogen-bond acceptors (Lipinski definition) is 5. The van der Waals surface area contributed by atoms with Gasteiger partial charge in [-0.2, -0.15) is 0 Å². The minimum atomic E-state index is -1.91. The van der Waals surface area contributed by atoms with E-state index >= 15 is 0 Å². The second-order valence-electron chi connectivity index (χ2n) is 3.19. The third-order valence-corrected chi connectivity index (χ3v) is 2.23. The number of phenols is 1. The molecule has 0 aliphatic heterocycles. The van der Waals surface area contributed by atoms with E-state index in [9.17, 15) is 14.4 Å². The number of hydrogen-bond donors (Lipinski definition) is 2. The van der Waals surface area contributed by atoms with Crippen LogP contribution in [0.25, 0.3) is 0 Å². The molecule has 1 atom stereocenters. The van der Waals surface area contributed by atoms with Gasteiger partial charge < -0.3 is 10.2 Å². The summed E-state index contributed by atoms with van der Waals surface area (Å²) in [6.07, 6.45) is -1.91. The fraction of sp³-hybridized carbons (Fsp3) is 0.100. The first-order chi connectivity index (χ1) is 7.02. The van der Waals surface area contributed by atoms with Gasteiger partial charge in [-0.05, 0) is 18.2 Å². The van der Waals surface area contributed by atoms with Crippen molar-refractivity contribution in [3.05, 3.63) is 29.3 Å². The van der Waals surface area contributed by atoms with Gasteiger partial charge >= 0.3 is 0 Å². The second-order valence-corrected chi connectivity index (χ2v) is 3.19. The van der Waals surface area contributed by atoms with E-state index < -0.39 is 23.5 Å². The molecule has 0 fully saturated rings. The minimum absolute atomic E-state index is 0.0371. The molecule has 0 saturated heterocycles. The standard InChI is InChI=1S/C10H6O5/c11-4-1-2-5-6(3-4)8(13)10(15)9(14)7(5)12/h1-3,9,11,14H. The molecule has 0 saturated carbocycles. The van der Waals surface area contributed by atoms with E-state index in [1.807, 2.05) is 0 Å². The van der Waals surface area contributed by atoms with Crippen molar-refractivity contribution in [2.75, 3.05) is 0 Å². The summed E-state index contributed by atoms with van der Waals surface area (Å²) in [7, 11) is 0. The Morgan fingerprint density at radius 1 is 1.00 bits per heavy atom. The molecule has 1 aromatic carbocycles. The third kappa shape index (κ3) is 1.25. The van der Waals surface area contributed by atoms with Crippen LogP contribution in [-0.4, -0.2) is 33.7 Å². The number of aliphatic hydroxyl groups is 1. The van der Waals surface area contributed by atoms with E-state index in [1.54, 1.807) is 0 Å². The SMILES string of the molecule is O=C1C(=O)C(O)C(=O)c2ccc(O)cc21. The number of aliphatic hydroxyl groups excluding tert-OH is 1. The summed E-state index contributed by atoms with van der Waals surface area (Å²) in [5.74, 6) is -3.13. The first-order valence-electron chi connectivity index (χ1n) is 4.16. The van der Waals surface area contributed by atoms with Crippen molar-refractivity contribution in [2.24, 2.45) is 0 Å². The number of aromatic hydroxyl groups is 1. The largest absolute Gasteiger partial charge is 0.508 e. The molecule has 1 aliphatic rings. The van der Waals surface area contributed by atoms with E-state index in [4.69, 9.17) is 10.2 Å². The Balaban J connectivity index is 2.69. The van der Waals surface area contributed by atoms with Crippen LogP contribution in [0.1, 0.15) is 20.7 Å². The number of carbonyl (C=O) groups is 3. The maximum Gasteiger partial charge on any atom is 0.239 e. The summed E-state index contributed by atoms with van der Waals surface area (Å²) in [6, 6.07) is 3.46. The van der Waals surface area contributed by atoms with Crippen molar-refractivity contribution in [1.82, 2.24) is 0 Å². The normalized spacial score (nSPS) is 20.3. The molecule has 15 heavy (non-hydrogen) atoms. The summed E-state index contributed by atoms with van der Waals surface area (Å²) < 4.78 is 0. The lowest BCUT2D eigenvalue weighted by atomic mass is 9.86. The molecule has 0 heterocycles. The highest BCUT2D eigenvalue weighted by atomic mass is 16.3. The van der Waals surface area contributed by atoms with Gasteiger partial charge in [-0.1, -0.05) is 0 Å². The van der Waals surface area contributed by atoms with Gasteiger partial charge in [0.1, 0.15) is 5.75 Å². The van der Waals surface area contributed by atoms with Gasteiger partial charge in [-0.15, -0.1) is 0 Å². The number of benzene rings is 1. The van der Waals surface area contributed by atoms with Gasteiger partial charge in [0.2, 0.25) is 11.6 Å². The molecule has 1 aliphatic carbocycles. The quantitative estimate of drug-likeness (QED) is 0.449. The molecular formula is C10H6O5. The molecule has 0 bridgehead atoms. The van der Waals surface area contributed by atoms with Crippen LogP contribution in [0, 0.1) is 0 Å². The molecule has 76 valence electrons. The summed E-state index contributed by atoms with van der Waals surface area (Å²) in [4.78, 5) is 33.8. The number of fused-ring (bicyclic) bond motifs is 1. The summed E-state index contributed by atoms with van der Waals surface area (Å²) in [6.45, 7) is 0. The maximum atomic E-state index is 11.4. The van der Waals surface area contributed by atoms with Crippen LogP contribution in [0.5, 0.6) is 5.75 Å². The van der Waals surface area contributed by atoms with Crippen molar-refractivity contribution in [2.45, 2.75) is 6.10 Å². The van der Waals surface area contributed by atoms with E-state index in [0.717, 1.165) is 6.07 Å². The average Bonchev–Trinajstić information content (AvgIpc) is 2.23.